The van der Waals surface area contributed by atoms with Crippen molar-refractivity contribution in [3.05, 3.63) is 47.3 Å². The molecule has 0 N–H and O–H groups in total. The number of allylic oxidation sites excluding steroid dienone is 2. The third kappa shape index (κ3) is 1.86. The SMILES string of the molecule is C/C=C/C(=O)c1cccc(F)c1C#N. The van der Waals surface area contributed by atoms with Crippen molar-refractivity contribution in [3.8, 4) is 6.07 Å². The first-order chi connectivity index (χ1) is 6.70. The molecule has 70 valence electrons. The Labute approximate surface area is 81.3 Å². The molecule has 0 atom stereocenters. The van der Waals surface area contributed by atoms with E-state index >= 15 is 0 Å². The molecule has 0 spiro atoms. The lowest BCUT2D eigenvalue weighted by atomic mass is 10.0. The summed E-state index contributed by atoms with van der Waals surface area (Å²) in [5.74, 6) is -1.02. The van der Waals surface area contributed by atoms with E-state index in [4.69, 9.17) is 5.26 Å². The van der Waals surface area contributed by atoms with E-state index in [0.717, 1.165) is 6.07 Å². The first-order valence-electron chi connectivity index (χ1n) is 4.06. The highest BCUT2D eigenvalue weighted by Gasteiger charge is 2.11. The van der Waals surface area contributed by atoms with Crippen molar-refractivity contribution in [2.75, 3.05) is 0 Å². The van der Waals surface area contributed by atoms with E-state index in [2.05, 4.69) is 0 Å². The number of rotatable bonds is 2. The number of halogens is 1. The maximum Gasteiger partial charge on any atom is 0.186 e. The van der Waals surface area contributed by atoms with Gasteiger partial charge in [0.05, 0.1) is 5.56 Å². The molecule has 1 rings (SSSR count). The fourth-order valence-electron chi connectivity index (χ4n) is 1.08. The lowest BCUT2D eigenvalue weighted by Gasteiger charge is -1.99. The summed E-state index contributed by atoms with van der Waals surface area (Å²) in [6, 6.07) is 5.68. The number of hydrogen-bond acceptors (Lipinski definition) is 2. The molecule has 2 nitrogen and oxygen atoms in total. The zero-order valence-electron chi connectivity index (χ0n) is 7.62. The van der Waals surface area contributed by atoms with E-state index in [0.29, 0.717) is 0 Å². The van der Waals surface area contributed by atoms with Crippen molar-refractivity contribution in [3.63, 3.8) is 0 Å². The van der Waals surface area contributed by atoms with Crippen LogP contribution >= 0.6 is 0 Å². The summed E-state index contributed by atoms with van der Waals surface area (Å²) in [6.07, 6.45) is 2.85. The average molecular weight is 189 g/mol. The summed E-state index contributed by atoms with van der Waals surface area (Å²) in [4.78, 5) is 11.4. The third-order valence-electron chi connectivity index (χ3n) is 1.71. The first kappa shape index (κ1) is 10.1. The van der Waals surface area contributed by atoms with Crippen molar-refractivity contribution < 1.29 is 9.18 Å². The fourth-order valence-corrected chi connectivity index (χ4v) is 1.08. The van der Waals surface area contributed by atoms with Gasteiger partial charge in [0.1, 0.15) is 11.9 Å². The molecule has 14 heavy (non-hydrogen) atoms. The molecule has 0 fully saturated rings. The molecule has 0 bridgehead atoms. The molecular formula is C11H8FNO. The number of carbonyl (C=O) groups is 1. The summed E-state index contributed by atoms with van der Waals surface area (Å²) in [5, 5.41) is 8.65. The van der Waals surface area contributed by atoms with Crippen LogP contribution in [0.5, 0.6) is 0 Å². The molecule has 1 aromatic rings. The Kier molecular flexibility index (Phi) is 3.14. The third-order valence-corrected chi connectivity index (χ3v) is 1.71. The van der Waals surface area contributed by atoms with Gasteiger partial charge in [0.2, 0.25) is 0 Å². The minimum Gasteiger partial charge on any atom is -0.289 e. The summed E-state index contributed by atoms with van der Waals surface area (Å²) in [5.41, 5.74) is -0.0961. The molecule has 3 heteroatoms. The summed E-state index contributed by atoms with van der Waals surface area (Å²) >= 11 is 0. The van der Waals surface area contributed by atoms with Crippen LogP contribution in [0, 0.1) is 17.1 Å². The van der Waals surface area contributed by atoms with E-state index < -0.39 is 5.82 Å². The summed E-state index contributed by atoms with van der Waals surface area (Å²) in [6.45, 7) is 1.68. The smallest absolute Gasteiger partial charge is 0.186 e. The van der Waals surface area contributed by atoms with Crippen molar-refractivity contribution in [1.82, 2.24) is 0 Å². The van der Waals surface area contributed by atoms with E-state index in [9.17, 15) is 9.18 Å². The van der Waals surface area contributed by atoms with Gasteiger partial charge in [-0.2, -0.15) is 5.26 Å². The molecule has 0 aliphatic rings. The average Bonchev–Trinajstić information content (AvgIpc) is 2.17. The molecule has 0 aliphatic carbocycles. The quantitative estimate of drug-likeness (QED) is 0.529. The maximum atomic E-state index is 13.1. The van der Waals surface area contributed by atoms with Gasteiger partial charge < -0.3 is 0 Å². The van der Waals surface area contributed by atoms with E-state index in [1.165, 1.54) is 18.2 Å². The van der Waals surface area contributed by atoms with Gasteiger partial charge in [-0.05, 0) is 25.1 Å². The van der Waals surface area contributed by atoms with Crippen LogP contribution in [-0.2, 0) is 0 Å². The largest absolute Gasteiger partial charge is 0.289 e. The highest BCUT2D eigenvalue weighted by Crippen LogP contribution is 2.13. The fraction of sp³-hybridized carbons (Fsp3) is 0.0909. The van der Waals surface area contributed by atoms with Crippen LogP contribution in [0.15, 0.2) is 30.4 Å². The van der Waals surface area contributed by atoms with Crippen LogP contribution in [0.25, 0.3) is 0 Å². The Hall–Kier alpha value is -1.95. The zero-order valence-corrected chi connectivity index (χ0v) is 7.62. The van der Waals surface area contributed by atoms with Crippen LogP contribution in [0.1, 0.15) is 22.8 Å². The lowest BCUT2D eigenvalue weighted by Crippen LogP contribution is -2.00. The molecule has 0 aromatic heterocycles. The zero-order chi connectivity index (χ0) is 10.6. The van der Waals surface area contributed by atoms with Gasteiger partial charge in [0, 0.05) is 5.56 Å². The van der Waals surface area contributed by atoms with Crippen molar-refractivity contribution in [2.24, 2.45) is 0 Å². The van der Waals surface area contributed by atoms with E-state index in [1.54, 1.807) is 19.1 Å². The van der Waals surface area contributed by atoms with Crippen LogP contribution in [0.4, 0.5) is 4.39 Å². The van der Waals surface area contributed by atoms with Gasteiger partial charge in [0.25, 0.3) is 0 Å². The Morgan fingerprint density at radius 1 is 1.57 bits per heavy atom. The van der Waals surface area contributed by atoms with Crippen LogP contribution in [0.2, 0.25) is 0 Å². The van der Waals surface area contributed by atoms with E-state index in [1.807, 2.05) is 0 Å². The number of benzene rings is 1. The second-order valence-electron chi connectivity index (χ2n) is 2.64. The van der Waals surface area contributed by atoms with Gasteiger partial charge in [-0.3, -0.25) is 4.79 Å². The molecule has 0 saturated carbocycles. The molecular weight excluding hydrogens is 181 g/mol. The highest BCUT2D eigenvalue weighted by molar-refractivity contribution is 6.06. The van der Waals surface area contributed by atoms with Gasteiger partial charge >= 0.3 is 0 Å². The summed E-state index contributed by atoms with van der Waals surface area (Å²) in [7, 11) is 0. The Morgan fingerprint density at radius 3 is 2.86 bits per heavy atom. The molecule has 0 amide bonds. The van der Waals surface area contributed by atoms with Gasteiger partial charge in [-0.1, -0.05) is 12.1 Å². The van der Waals surface area contributed by atoms with Gasteiger partial charge in [-0.15, -0.1) is 0 Å². The molecule has 0 saturated heterocycles. The normalized spacial score (nSPS) is 10.1. The molecule has 0 unspecified atom stereocenters. The van der Waals surface area contributed by atoms with Gasteiger partial charge in [-0.25, -0.2) is 4.39 Å². The Bertz CT molecular complexity index is 429. The standard InChI is InChI=1S/C11H8FNO/c1-2-4-11(14)8-5-3-6-10(12)9(8)7-13/h2-6H,1H3/b4-2+. The lowest BCUT2D eigenvalue weighted by molar-refractivity contribution is 0.104. The van der Waals surface area contributed by atoms with Crippen molar-refractivity contribution >= 4 is 5.78 Å². The number of hydrogen-bond donors (Lipinski definition) is 0. The molecule has 0 radical (unpaired) electrons. The summed E-state index contributed by atoms with van der Waals surface area (Å²) < 4.78 is 13.1. The number of carbonyl (C=O) groups excluding carboxylic acids is 1. The van der Waals surface area contributed by atoms with E-state index in [-0.39, 0.29) is 16.9 Å². The predicted molar refractivity (Wildman–Crippen MR) is 50.3 cm³/mol. The minimum absolute atomic E-state index is 0.102. The molecule has 1 aromatic carbocycles. The monoisotopic (exact) mass is 189 g/mol. The van der Waals surface area contributed by atoms with Gasteiger partial charge in [0.15, 0.2) is 5.78 Å². The molecule has 0 aliphatic heterocycles. The molecule has 0 heterocycles. The Balaban J connectivity index is 3.29. The predicted octanol–water partition coefficient (Wildman–Crippen LogP) is 2.46. The number of ketones is 1. The second kappa shape index (κ2) is 4.33. The minimum atomic E-state index is -0.664. The van der Waals surface area contributed by atoms with Crippen LogP contribution < -0.4 is 0 Å². The van der Waals surface area contributed by atoms with Crippen molar-refractivity contribution in [1.29, 1.82) is 5.26 Å². The Morgan fingerprint density at radius 2 is 2.29 bits per heavy atom. The first-order valence-corrected chi connectivity index (χ1v) is 4.06. The van der Waals surface area contributed by atoms with Crippen LogP contribution in [0.3, 0.4) is 0 Å². The highest BCUT2D eigenvalue weighted by atomic mass is 19.1. The topological polar surface area (TPSA) is 40.9 Å². The number of nitriles is 1. The number of nitrogens with zero attached hydrogens (tertiary/aromatic N) is 1. The van der Waals surface area contributed by atoms with Crippen molar-refractivity contribution in [2.45, 2.75) is 6.92 Å². The second-order valence-corrected chi connectivity index (χ2v) is 2.64. The van der Waals surface area contributed by atoms with Crippen LogP contribution in [-0.4, -0.2) is 5.78 Å². The maximum absolute atomic E-state index is 13.1.